The summed E-state index contributed by atoms with van der Waals surface area (Å²) in [4.78, 5) is 10.9. The first kappa shape index (κ1) is 15.8. The Bertz CT molecular complexity index is 449. The van der Waals surface area contributed by atoms with Gasteiger partial charge in [0.05, 0.1) is 12.6 Å². The predicted octanol–water partition coefficient (Wildman–Crippen LogP) is 1.81. The molecule has 0 saturated carbocycles. The minimum Gasteiger partial charge on any atom is -0.386 e. The lowest BCUT2D eigenvalue weighted by Crippen LogP contribution is -2.46. The van der Waals surface area contributed by atoms with Crippen LogP contribution in [0.5, 0.6) is 0 Å². The van der Waals surface area contributed by atoms with Crippen LogP contribution in [-0.2, 0) is 0 Å². The number of piperidine rings is 1. The van der Waals surface area contributed by atoms with Crippen molar-refractivity contribution in [2.45, 2.75) is 32.8 Å². The van der Waals surface area contributed by atoms with Gasteiger partial charge in [-0.25, -0.2) is 0 Å². The molecular weight excluding hydrogens is 264 g/mol. The molecule has 1 aromatic rings. The molecule has 0 radical (unpaired) electrons. The molecule has 2 atom stereocenters. The summed E-state index contributed by atoms with van der Waals surface area (Å²) in [7, 11) is 0. The summed E-state index contributed by atoms with van der Waals surface area (Å²) in [6.45, 7) is 7.65. The standard InChI is InChI=1S/C16H26N4O/c1-3-18-16(20-10-4-5-13(2)12-20)19-11-15(21)14-6-8-17-9-7-14/h6-9,13,15,21H,3-5,10-12H2,1-2H3,(H,18,19). The third kappa shape index (κ3) is 4.70. The summed E-state index contributed by atoms with van der Waals surface area (Å²) in [5.74, 6) is 1.62. The van der Waals surface area contributed by atoms with Gasteiger partial charge in [-0.2, -0.15) is 0 Å². The molecule has 2 unspecified atom stereocenters. The molecule has 1 aromatic heterocycles. The zero-order chi connectivity index (χ0) is 15.1. The molecular formula is C16H26N4O. The minimum absolute atomic E-state index is 0.372. The monoisotopic (exact) mass is 290 g/mol. The molecule has 1 saturated heterocycles. The number of nitrogens with zero attached hydrogens (tertiary/aromatic N) is 3. The Morgan fingerprint density at radius 1 is 1.52 bits per heavy atom. The number of hydrogen-bond donors (Lipinski definition) is 2. The number of aliphatic hydroxyl groups is 1. The van der Waals surface area contributed by atoms with E-state index in [2.05, 4.69) is 34.0 Å². The summed E-state index contributed by atoms with van der Waals surface area (Å²) in [6, 6.07) is 3.66. The lowest BCUT2D eigenvalue weighted by molar-refractivity contribution is 0.185. The van der Waals surface area contributed by atoms with Gasteiger partial charge in [0.15, 0.2) is 5.96 Å². The smallest absolute Gasteiger partial charge is 0.194 e. The number of pyridine rings is 1. The average Bonchev–Trinajstić information content (AvgIpc) is 2.52. The van der Waals surface area contributed by atoms with Crippen LogP contribution in [0.25, 0.3) is 0 Å². The zero-order valence-electron chi connectivity index (χ0n) is 13.0. The van der Waals surface area contributed by atoms with Crippen LogP contribution in [0.15, 0.2) is 29.5 Å². The van der Waals surface area contributed by atoms with Crippen molar-refractivity contribution in [3.63, 3.8) is 0 Å². The number of nitrogens with one attached hydrogen (secondary N) is 1. The highest BCUT2D eigenvalue weighted by molar-refractivity contribution is 5.80. The Balaban J connectivity index is 2.00. The van der Waals surface area contributed by atoms with Gasteiger partial charge < -0.3 is 15.3 Å². The van der Waals surface area contributed by atoms with E-state index in [0.29, 0.717) is 12.5 Å². The number of likely N-dealkylation sites (tertiary alicyclic amines) is 1. The molecule has 2 rings (SSSR count). The Labute approximate surface area is 127 Å². The third-order valence-corrected chi connectivity index (χ3v) is 3.80. The fourth-order valence-corrected chi connectivity index (χ4v) is 2.67. The van der Waals surface area contributed by atoms with E-state index in [4.69, 9.17) is 0 Å². The highest BCUT2D eigenvalue weighted by atomic mass is 16.3. The second-order valence-corrected chi connectivity index (χ2v) is 5.68. The molecule has 1 fully saturated rings. The van der Waals surface area contributed by atoms with Crippen molar-refractivity contribution >= 4 is 5.96 Å². The van der Waals surface area contributed by atoms with Gasteiger partial charge in [-0.15, -0.1) is 0 Å². The second kappa shape index (κ2) is 7.98. The van der Waals surface area contributed by atoms with E-state index in [-0.39, 0.29) is 0 Å². The Kier molecular flexibility index (Phi) is 5.99. The predicted molar refractivity (Wildman–Crippen MR) is 85.1 cm³/mol. The molecule has 0 spiro atoms. The van der Waals surface area contributed by atoms with Crippen molar-refractivity contribution in [1.82, 2.24) is 15.2 Å². The number of hydrogen-bond acceptors (Lipinski definition) is 3. The summed E-state index contributed by atoms with van der Waals surface area (Å²) >= 11 is 0. The van der Waals surface area contributed by atoms with Crippen molar-refractivity contribution in [1.29, 1.82) is 0 Å². The fraction of sp³-hybridized carbons (Fsp3) is 0.625. The largest absolute Gasteiger partial charge is 0.386 e. The van der Waals surface area contributed by atoms with E-state index in [1.54, 1.807) is 12.4 Å². The van der Waals surface area contributed by atoms with Crippen molar-refractivity contribution in [2.75, 3.05) is 26.2 Å². The molecule has 5 heteroatoms. The highest BCUT2D eigenvalue weighted by Gasteiger charge is 2.19. The third-order valence-electron chi connectivity index (χ3n) is 3.80. The number of guanidine groups is 1. The molecule has 2 N–H and O–H groups in total. The van der Waals surface area contributed by atoms with E-state index in [9.17, 15) is 5.11 Å². The SMILES string of the molecule is CCNC(=NCC(O)c1ccncc1)N1CCCC(C)C1. The molecule has 21 heavy (non-hydrogen) atoms. The van der Waals surface area contributed by atoms with Gasteiger partial charge in [-0.1, -0.05) is 6.92 Å². The highest BCUT2D eigenvalue weighted by Crippen LogP contribution is 2.16. The number of aromatic nitrogens is 1. The van der Waals surface area contributed by atoms with E-state index < -0.39 is 6.10 Å². The number of aliphatic imine (C=N–C) groups is 1. The van der Waals surface area contributed by atoms with Crippen LogP contribution in [0.4, 0.5) is 0 Å². The lowest BCUT2D eigenvalue weighted by Gasteiger charge is -2.33. The quantitative estimate of drug-likeness (QED) is 0.656. The van der Waals surface area contributed by atoms with Gasteiger partial charge in [0.2, 0.25) is 0 Å². The van der Waals surface area contributed by atoms with Crippen molar-refractivity contribution in [3.05, 3.63) is 30.1 Å². The fourth-order valence-electron chi connectivity index (χ4n) is 2.67. The molecule has 0 amide bonds. The van der Waals surface area contributed by atoms with Crippen LogP contribution in [0.1, 0.15) is 38.4 Å². The van der Waals surface area contributed by atoms with Gasteiger partial charge in [0, 0.05) is 32.0 Å². The summed E-state index contributed by atoms with van der Waals surface area (Å²) in [6.07, 6.45) is 5.30. The lowest BCUT2D eigenvalue weighted by atomic mass is 10.0. The Morgan fingerprint density at radius 2 is 2.29 bits per heavy atom. The average molecular weight is 290 g/mol. The van der Waals surface area contributed by atoms with E-state index >= 15 is 0 Å². The van der Waals surface area contributed by atoms with Gasteiger partial charge >= 0.3 is 0 Å². The maximum Gasteiger partial charge on any atom is 0.194 e. The van der Waals surface area contributed by atoms with Crippen molar-refractivity contribution in [2.24, 2.45) is 10.9 Å². The van der Waals surface area contributed by atoms with E-state index in [1.165, 1.54) is 12.8 Å². The van der Waals surface area contributed by atoms with Gasteiger partial charge in [0.1, 0.15) is 0 Å². The summed E-state index contributed by atoms with van der Waals surface area (Å²) in [5.41, 5.74) is 0.858. The van der Waals surface area contributed by atoms with Crippen molar-refractivity contribution < 1.29 is 5.11 Å². The van der Waals surface area contributed by atoms with Gasteiger partial charge in [-0.05, 0) is 43.4 Å². The Morgan fingerprint density at radius 3 is 2.95 bits per heavy atom. The van der Waals surface area contributed by atoms with Crippen LogP contribution in [-0.4, -0.2) is 47.1 Å². The summed E-state index contributed by atoms with van der Waals surface area (Å²) < 4.78 is 0. The van der Waals surface area contributed by atoms with Gasteiger partial charge in [-0.3, -0.25) is 9.98 Å². The molecule has 0 bridgehead atoms. The molecule has 1 aliphatic rings. The van der Waals surface area contributed by atoms with Crippen LogP contribution in [0, 0.1) is 5.92 Å². The molecule has 2 heterocycles. The van der Waals surface area contributed by atoms with Gasteiger partial charge in [0.25, 0.3) is 0 Å². The molecule has 0 aliphatic carbocycles. The first-order chi connectivity index (χ1) is 10.2. The maximum absolute atomic E-state index is 10.2. The molecule has 5 nitrogen and oxygen atoms in total. The van der Waals surface area contributed by atoms with Crippen LogP contribution in [0.2, 0.25) is 0 Å². The molecule has 0 aromatic carbocycles. The molecule has 1 aliphatic heterocycles. The van der Waals surface area contributed by atoms with E-state index in [0.717, 1.165) is 31.2 Å². The maximum atomic E-state index is 10.2. The van der Waals surface area contributed by atoms with Crippen molar-refractivity contribution in [3.8, 4) is 0 Å². The normalized spacial score (nSPS) is 21.2. The second-order valence-electron chi connectivity index (χ2n) is 5.68. The summed E-state index contributed by atoms with van der Waals surface area (Å²) in [5, 5.41) is 13.5. The van der Waals surface area contributed by atoms with E-state index in [1.807, 2.05) is 12.1 Å². The zero-order valence-corrected chi connectivity index (χ0v) is 13.0. The van der Waals surface area contributed by atoms with Crippen LogP contribution < -0.4 is 5.32 Å². The van der Waals surface area contributed by atoms with Crippen LogP contribution in [0.3, 0.4) is 0 Å². The molecule has 116 valence electrons. The van der Waals surface area contributed by atoms with Crippen LogP contribution >= 0.6 is 0 Å². The first-order valence-corrected chi connectivity index (χ1v) is 7.82. The first-order valence-electron chi connectivity index (χ1n) is 7.82. The topological polar surface area (TPSA) is 60.8 Å². The Hall–Kier alpha value is -1.62. The number of rotatable bonds is 4. The number of aliphatic hydroxyl groups excluding tert-OH is 1. The minimum atomic E-state index is -0.580.